The first-order valence-corrected chi connectivity index (χ1v) is 10.9. The van der Waals surface area contributed by atoms with Crippen molar-refractivity contribution in [3.8, 4) is 0 Å². The Balaban J connectivity index is 1.34. The van der Waals surface area contributed by atoms with Gasteiger partial charge in [-0.2, -0.15) is 0 Å². The summed E-state index contributed by atoms with van der Waals surface area (Å²) < 4.78 is 0. The molecule has 144 valence electrons. The second-order valence-electron chi connectivity index (χ2n) is 7.10. The highest BCUT2D eigenvalue weighted by atomic mass is 35.5. The number of piperidine rings is 1. The van der Waals surface area contributed by atoms with Crippen LogP contribution in [0, 0.1) is 6.92 Å². The summed E-state index contributed by atoms with van der Waals surface area (Å²) in [5, 5.41) is 3.95. The number of thioether (sulfide) groups is 1. The van der Waals surface area contributed by atoms with Crippen LogP contribution in [0.1, 0.15) is 30.4 Å². The van der Waals surface area contributed by atoms with Gasteiger partial charge in [0.15, 0.2) is 0 Å². The summed E-state index contributed by atoms with van der Waals surface area (Å²) in [5.74, 6) is 0.952. The van der Waals surface area contributed by atoms with Gasteiger partial charge >= 0.3 is 0 Å². The summed E-state index contributed by atoms with van der Waals surface area (Å²) in [6.07, 6.45) is 2.61. The second-order valence-corrected chi connectivity index (χ2v) is 8.70. The van der Waals surface area contributed by atoms with E-state index in [0.717, 1.165) is 48.1 Å². The molecule has 5 heteroatoms. The number of carbonyl (C=O) groups excluding carboxylic acids is 1. The highest BCUT2D eigenvalue weighted by Gasteiger charge is 2.20. The first-order valence-electron chi connectivity index (χ1n) is 9.55. The summed E-state index contributed by atoms with van der Waals surface area (Å²) in [5.41, 5.74) is 2.75. The Morgan fingerprint density at radius 2 is 1.85 bits per heavy atom. The zero-order valence-electron chi connectivity index (χ0n) is 15.8. The lowest BCUT2D eigenvalue weighted by Crippen LogP contribution is -2.44. The molecule has 3 rings (SSSR count). The van der Waals surface area contributed by atoms with E-state index in [-0.39, 0.29) is 5.91 Å². The molecule has 0 radical (unpaired) electrons. The van der Waals surface area contributed by atoms with Gasteiger partial charge in [0, 0.05) is 47.8 Å². The van der Waals surface area contributed by atoms with Crippen molar-refractivity contribution < 1.29 is 4.79 Å². The van der Waals surface area contributed by atoms with E-state index in [1.54, 1.807) is 11.8 Å². The molecule has 1 amide bonds. The van der Waals surface area contributed by atoms with Crippen molar-refractivity contribution in [2.24, 2.45) is 0 Å². The van der Waals surface area contributed by atoms with Gasteiger partial charge < -0.3 is 5.32 Å². The third-order valence-corrected chi connectivity index (χ3v) is 6.29. The van der Waals surface area contributed by atoms with E-state index in [4.69, 9.17) is 11.6 Å². The van der Waals surface area contributed by atoms with Gasteiger partial charge in [-0.05, 0) is 55.2 Å². The molecule has 27 heavy (non-hydrogen) atoms. The summed E-state index contributed by atoms with van der Waals surface area (Å²) in [6, 6.07) is 16.6. The van der Waals surface area contributed by atoms with E-state index < -0.39 is 0 Å². The van der Waals surface area contributed by atoms with Crippen LogP contribution in [0.3, 0.4) is 0 Å². The fraction of sp³-hybridized carbons (Fsp3) is 0.409. The van der Waals surface area contributed by atoms with Gasteiger partial charge in [-0.1, -0.05) is 35.9 Å². The second kappa shape index (κ2) is 10.2. The number of amides is 1. The van der Waals surface area contributed by atoms with E-state index in [1.807, 2.05) is 24.3 Å². The molecule has 0 spiro atoms. The van der Waals surface area contributed by atoms with Crippen molar-refractivity contribution >= 4 is 29.3 Å². The molecule has 0 aromatic heterocycles. The van der Waals surface area contributed by atoms with Gasteiger partial charge in [0.25, 0.3) is 0 Å². The van der Waals surface area contributed by atoms with E-state index in [9.17, 15) is 4.79 Å². The normalized spacial score (nSPS) is 15.6. The minimum atomic E-state index is 0.161. The van der Waals surface area contributed by atoms with Crippen LogP contribution in [-0.2, 0) is 11.3 Å². The number of aryl methyl sites for hydroxylation is 1. The average molecular weight is 403 g/mol. The molecule has 0 unspecified atom stereocenters. The van der Waals surface area contributed by atoms with Crippen molar-refractivity contribution in [2.75, 3.05) is 18.8 Å². The Kier molecular flexibility index (Phi) is 7.62. The van der Waals surface area contributed by atoms with Crippen molar-refractivity contribution in [3.63, 3.8) is 0 Å². The molecule has 0 aliphatic carbocycles. The van der Waals surface area contributed by atoms with Gasteiger partial charge in [-0.25, -0.2) is 0 Å². The number of nitrogens with one attached hydrogen (secondary N) is 1. The minimum Gasteiger partial charge on any atom is -0.353 e. The average Bonchev–Trinajstić information content (AvgIpc) is 2.67. The fourth-order valence-corrected chi connectivity index (χ4v) is 4.33. The molecule has 1 N–H and O–H groups in total. The Labute approximate surface area is 171 Å². The minimum absolute atomic E-state index is 0.161. The Morgan fingerprint density at radius 1 is 1.15 bits per heavy atom. The van der Waals surface area contributed by atoms with E-state index in [2.05, 4.69) is 41.4 Å². The van der Waals surface area contributed by atoms with Gasteiger partial charge in [-0.3, -0.25) is 9.69 Å². The highest BCUT2D eigenvalue weighted by molar-refractivity contribution is 7.99. The van der Waals surface area contributed by atoms with Crippen molar-refractivity contribution in [1.82, 2.24) is 10.2 Å². The number of carbonyl (C=O) groups is 1. The predicted octanol–water partition coefficient (Wildman–Crippen LogP) is 4.91. The van der Waals surface area contributed by atoms with Crippen LogP contribution < -0.4 is 5.32 Å². The Bertz CT molecular complexity index is 742. The predicted molar refractivity (Wildman–Crippen MR) is 114 cm³/mol. The topological polar surface area (TPSA) is 32.3 Å². The van der Waals surface area contributed by atoms with Crippen molar-refractivity contribution in [1.29, 1.82) is 0 Å². The SMILES string of the molecule is Cc1ccccc1CN1CCC(NC(=O)CCSc2ccc(Cl)cc2)CC1. The van der Waals surface area contributed by atoms with E-state index in [1.165, 1.54) is 11.1 Å². The van der Waals surface area contributed by atoms with Crippen LogP contribution in [-0.4, -0.2) is 35.7 Å². The summed E-state index contributed by atoms with van der Waals surface area (Å²) in [6.45, 7) is 5.26. The van der Waals surface area contributed by atoms with Crippen molar-refractivity contribution in [2.45, 2.75) is 43.7 Å². The van der Waals surface area contributed by atoms with E-state index >= 15 is 0 Å². The lowest BCUT2D eigenvalue weighted by molar-refractivity contribution is -0.121. The maximum Gasteiger partial charge on any atom is 0.221 e. The molecular weight excluding hydrogens is 376 g/mol. The smallest absolute Gasteiger partial charge is 0.221 e. The van der Waals surface area contributed by atoms with Gasteiger partial charge in [0.05, 0.1) is 0 Å². The Hall–Kier alpha value is -1.49. The molecule has 1 aliphatic rings. The van der Waals surface area contributed by atoms with Crippen LogP contribution >= 0.6 is 23.4 Å². The fourth-order valence-electron chi connectivity index (χ4n) is 3.36. The molecule has 0 saturated carbocycles. The van der Waals surface area contributed by atoms with Crippen LogP contribution in [0.5, 0.6) is 0 Å². The number of nitrogens with zero attached hydrogens (tertiary/aromatic N) is 1. The molecule has 2 aromatic carbocycles. The maximum atomic E-state index is 12.2. The highest BCUT2D eigenvalue weighted by Crippen LogP contribution is 2.21. The van der Waals surface area contributed by atoms with Crippen LogP contribution in [0.2, 0.25) is 5.02 Å². The molecule has 1 fully saturated rings. The molecule has 0 bridgehead atoms. The zero-order valence-corrected chi connectivity index (χ0v) is 17.4. The molecule has 1 heterocycles. The summed E-state index contributed by atoms with van der Waals surface area (Å²) in [7, 11) is 0. The lowest BCUT2D eigenvalue weighted by Gasteiger charge is -2.32. The Morgan fingerprint density at radius 3 is 2.56 bits per heavy atom. The van der Waals surface area contributed by atoms with Crippen molar-refractivity contribution in [3.05, 3.63) is 64.7 Å². The van der Waals surface area contributed by atoms with Crippen LogP contribution in [0.15, 0.2) is 53.4 Å². The molecular formula is C22H27ClN2OS. The maximum absolute atomic E-state index is 12.2. The zero-order chi connectivity index (χ0) is 19.1. The summed E-state index contributed by atoms with van der Waals surface area (Å²) in [4.78, 5) is 15.9. The molecule has 1 aliphatic heterocycles. The summed E-state index contributed by atoms with van der Waals surface area (Å²) >= 11 is 7.59. The number of halogens is 1. The number of hydrogen-bond donors (Lipinski definition) is 1. The third-order valence-electron chi connectivity index (χ3n) is 5.02. The number of hydrogen-bond acceptors (Lipinski definition) is 3. The molecule has 1 saturated heterocycles. The molecule has 0 atom stereocenters. The largest absolute Gasteiger partial charge is 0.353 e. The van der Waals surface area contributed by atoms with Crippen LogP contribution in [0.4, 0.5) is 0 Å². The van der Waals surface area contributed by atoms with E-state index in [0.29, 0.717) is 12.5 Å². The molecule has 2 aromatic rings. The standard InChI is InChI=1S/C22H27ClN2OS/c1-17-4-2-3-5-18(17)16-25-13-10-20(11-14-25)24-22(26)12-15-27-21-8-6-19(23)7-9-21/h2-9,20H,10-16H2,1H3,(H,24,26). The number of benzene rings is 2. The lowest BCUT2D eigenvalue weighted by atomic mass is 10.0. The monoisotopic (exact) mass is 402 g/mol. The molecule has 3 nitrogen and oxygen atoms in total. The van der Waals surface area contributed by atoms with Crippen LogP contribution in [0.25, 0.3) is 0 Å². The van der Waals surface area contributed by atoms with Gasteiger partial charge in [0.2, 0.25) is 5.91 Å². The van der Waals surface area contributed by atoms with Gasteiger partial charge in [-0.15, -0.1) is 11.8 Å². The number of rotatable bonds is 7. The number of likely N-dealkylation sites (tertiary alicyclic amines) is 1. The first-order chi connectivity index (χ1) is 13.1. The third kappa shape index (κ3) is 6.56. The first kappa shape index (κ1) is 20.2. The quantitative estimate of drug-likeness (QED) is 0.667. The van der Waals surface area contributed by atoms with Gasteiger partial charge in [0.1, 0.15) is 0 Å².